The summed E-state index contributed by atoms with van der Waals surface area (Å²) in [7, 11) is 3.14. The van der Waals surface area contributed by atoms with Gasteiger partial charge in [-0.2, -0.15) is 0 Å². The Kier molecular flexibility index (Phi) is 5.12. The molecule has 0 aromatic heterocycles. The predicted molar refractivity (Wildman–Crippen MR) is 86.1 cm³/mol. The number of rotatable bonds is 4. The van der Waals surface area contributed by atoms with Crippen LogP contribution in [0.4, 0.5) is 4.39 Å². The quantitative estimate of drug-likeness (QED) is 0.682. The van der Waals surface area contributed by atoms with Crippen LogP contribution in [0.3, 0.4) is 0 Å². The van der Waals surface area contributed by atoms with E-state index < -0.39 is 5.38 Å². The highest BCUT2D eigenvalue weighted by Crippen LogP contribution is 2.44. The standard InChI is InChI=1S/C16H15BrClFO2/c1-9-4-5-10(19)8-12(9)15(18)11-6-7-13(20-2)14(17)16(11)21-3/h4-8,15H,1-3H3. The lowest BCUT2D eigenvalue weighted by Gasteiger charge is -2.18. The Morgan fingerprint density at radius 2 is 1.81 bits per heavy atom. The third kappa shape index (κ3) is 3.16. The Morgan fingerprint density at radius 3 is 2.43 bits per heavy atom. The van der Waals surface area contributed by atoms with Crippen molar-refractivity contribution in [1.82, 2.24) is 0 Å². The van der Waals surface area contributed by atoms with Crippen LogP contribution in [0, 0.1) is 12.7 Å². The summed E-state index contributed by atoms with van der Waals surface area (Å²) >= 11 is 10.00. The van der Waals surface area contributed by atoms with Crippen LogP contribution in [0.25, 0.3) is 0 Å². The molecule has 0 aliphatic rings. The Balaban J connectivity index is 2.55. The van der Waals surface area contributed by atoms with Gasteiger partial charge in [-0.3, -0.25) is 0 Å². The molecule has 0 fully saturated rings. The summed E-state index contributed by atoms with van der Waals surface area (Å²) in [5.74, 6) is 0.918. The average molecular weight is 374 g/mol. The first-order valence-corrected chi connectivity index (χ1v) is 7.53. The minimum Gasteiger partial charge on any atom is -0.495 e. The molecule has 0 N–H and O–H groups in total. The second-order valence-corrected chi connectivity index (χ2v) is 5.80. The van der Waals surface area contributed by atoms with E-state index in [1.807, 2.05) is 13.0 Å². The number of benzene rings is 2. The first-order valence-electron chi connectivity index (χ1n) is 6.30. The second kappa shape index (κ2) is 6.67. The van der Waals surface area contributed by atoms with Crippen LogP contribution in [-0.2, 0) is 0 Å². The van der Waals surface area contributed by atoms with E-state index >= 15 is 0 Å². The van der Waals surface area contributed by atoms with E-state index in [0.29, 0.717) is 21.5 Å². The van der Waals surface area contributed by atoms with Crippen LogP contribution >= 0.6 is 27.5 Å². The SMILES string of the molecule is COc1ccc(C(Cl)c2cc(F)ccc2C)c(OC)c1Br. The third-order valence-corrected chi connectivity index (χ3v) is 4.52. The van der Waals surface area contributed by atoms with E-state index in [2.05, 4.69) is 15.9 Å². The molecular formula is C16H15BrClFO2. The van der Waals surface area contributed by atoms with Crippen molar-refractivity contribution in [2.45, 2.75) is 12.3 Å². The normalized spacial score (nSPS) is 12.1. The van der Waals surface area contributed by atoms with Gasteiger partial charge < -0.3 is 9.47 Å². The number of halogens is 3. The number of methoxy groups -OCH3 is 2. The van der Waals surface area contributed by atoms with Gasteiger partial charge in [-0.05, 0) is 58.2 Å². The van der Waals surface area contributed by atoms with Crippen LogP contribution in [0.2, 0.25) is 0 Å². The lowest BCUT2D eigenvalue weighted by molar-refractivity contribution is 0.386. The second-order valence-electron chi connectivity index (χ2n) is 4.57. The molecule has 5 heteroatoms. The van der Waals surface area contributed by atoms with E-state index in [0.717, 1.165) is 11.1 Å². The highest BCUT2D eigenvalue weighted by Gasteiger charge is 2.21. The van der Waals surface area contributed by atoms with E-state index in [9.17, 15) is 4.39 Å². The minimum atomic E-state index is -0.516. The number of hydrogen-bond acceptors (Lipinski definition) is 2. The van der Waals surface area contributed by atoms with Crippen molar-refractivity contribution < 1.29 is 13.9 Å². The Morgan fingerprint density at radius 1 is 1.10 bits per heavy atom. The van der Waals surface area contributed by atoms with Crippen molar-refractivity contribution in [3.63, 3.8) is 0 Å². The van der Waals surface area contributed by atoms with Crippen LogP contribution in [0.15, 0.2) is 34.8 Å². The summed E-state index contributed by atoms with van der Waals surface area (Å²) in [4.78, 5) is 0. The fraction of sp³-hybridized carbons (Fsp3) is 0.250. The molecular weight excluding hydrogens is 359 g/mol. The zero-order valence-electron chi connectivity index (χ0n) is 11.9. The largest absolute Gasteiger partial charge is 0.495 e. The predicted octanol–water partition coefficient (Wildman–Crippen LogP) is 5.24. The highest BCUT2D eigenvalue weighted by atomic mass is 79.9. The van der Waals surface area contributed by atoms with Gasteiger partial charge in [-0.15, -0.1) is 11.6 Å². The maximum atomic E-state index is 13.5. The molecule has 2 aromatic carbocycles. The Labute approximate surface area is 137 Å². The van der Waals surface area contributed by atoms with E-state index in [-0.39, 0.29) is 5.82 Å². The molecule has 0 radical (unpaired) electrons. The van der Waals surface area contributed by atoms with Crippen molar-refractivity contribution in [3.8, 4) is 11.5 Å². The fourth-order valence-corrected chi connectivity index (χ4v) is 3.26. The van der Waals surface area contributed by atoms with Gasteiger partial charge in [0.25, 0.3) is 0 Å². The molecule has 0 aliphatic carbocycles. The molecule has 1 atom stereocenters. The molecule has 21 heavy (non-hydrogen) atoms. The molecule has 2 nitrogen and oxygen atoms in total. The number of alkyl halides is 1. The van der Waals surface area contributed by atoms with Crippen LogP contribution in [-0.4, -0.2) is 14.2 Å². The van der Waals surface area contributed by atoms with Gasteiger partial charge in [-0.1, -0.05) is 6.07 Å². The molecule has 0 saturated heterocycles. The molecule has 2 aromatic rings. The van der Waals surface area contributed by atoms with E-state index in [1.54, 1.807) is 26.4 Å². The summed E-state index contributed by atoms with van der Waals surface area (Å²) in [5, 5.41) is -0.516. The highest BCUT2D eigenvalue weighted by molar-refractivity contribution is 9.10. The maximum Gasteiger partial charge on any atom is 0.141 e. The minimum absolute atomic E-state index is 0.312. The molecule has 1 unspecified atom stereocenters. The summed E-state index contributed by atoms with van der Waals surface area (Å²) in [5.41, 5.74) is 2.39. The van der Waals surface area contributed by atoms with E-state index in [4.69, 9.17) is 21.1 Å². The van der Waals surface area contributed by atoms with Gasteiger partial charge in [-0.25, -0.2) is 4.39 Å². The van der Waals surface area contributed by atoms with Crippen LogP contribution in [0.5, 0.6) is 11.5 Å². The third-order valence-electron chi connectivity index (χ3n) is 3.30. The first-order chi connectivity index (χ1) is 9.99. The van der Waals surface area contributed by atoms with Gasteiger partial charge in [0.1, 0.15) is 21.8 Å². The lowest BCUT2D eigenvalue weighted by atomic mass is 9.99. The number of hydrogen-bond donors (Lipinski definition) is 0. The Hall–Kier alpha value is -1.26. The molecule has 112 valence electrons. The summed E-state index contributed by atoms with van der Waals surface area (Å²) in [6.07, 6.45) is 0. The van der Waals surface area contributed by atoms with Gasteiger partial charge in [0, 0.05) is 5.56 Å². The monoisotopic (exact) mass is 372 g/mol. The summed E-state index contributed by atoms with van der Waals surface area (Å²) in [6.45, 7) is 1.90. The summed E-state index contributed by atoms with van der Waals surface area (Å²) in [6, 6.07) is 8.20. The topological polar surface area (TPSA) is 18.5 Å². The van der Waals surface area contributed by atoms with Crippen molar-refractivity contribution in [2.24, 2.45) is 0 Å². The van der Waals surface area contributed by atoms with Gasteiger partial charge in [0.15, 0.2) is 0 Å². The van der Waals surface area contributed by atoms with Gasteiger partial charge in [0.05, 0.1) is 19.6 Å². The maximum absolute atomic E-state index is 13.5. The zero-order valence-corrected chi connectivity index (χ0v) is 14.3. The molecule has 2 rings (SSSR count). The molecule has 0 amide bonds. The van der Waals surface area contributed by atoms with Gasteiger partial charge >= 0.3 is 0 Å². The molecule has 0 spiro atoms. The van der Waals surface area contributed by atoms with Crippen molar-refractivity contribution in [3.05, 3.63) is 57.3 Å². The number of aryl methyl sites for hydroxylation is 1. The summed E-state index contributed by atoms with van der Waals surface area (Å²) < 4.78 is 24.8. The van der Waals surface area contributed by atoms with Crippen molar-refractivity contribution in [1.29, 1.82) is 0 Å². The lowest BCUT2D eigenvalue weighted by Crippen LogP contribution is -2.02. The number of ether oxygens (including phenoxy) is 2. The van der Waals surface area contributed by atoms with E-state index in [1.165, 1.54) is 12.1 Å². The van der Waals surface area contributed by atoms with Crippen molar-refractivity contribution >= 4 is 27.5 Å². The molecule has 0 heterocycles. The molecule has 0 bridgehead atoms. The average Bonchev–Trinajstić information content (AvgIpc) is 2.48. The van der Waals surface area contributed by atoms with Gasteiger partial charge in [0.2, 0.25) is 0 Å². The van der Waals surface area contributed by atoms with Crippen molar-refractivity contribution in [2.75, 3.05) is 14.2 Å². The fourth-order valence-electron chi connectivity index (χ4n) is 2.17. The van der Waals surface area contributed by atoms with Crippen LogP contribution in [0.1, 0.15) is 22.1 Å². The Bertz CT molecular complexity index is 661. The smallest absolute Gasteiger partial charge is 0.141 e. The van der Waals surface area contributed by atoms with Crippen LogP contribution < -0.4 is 9.47 Å². The zero-order chi connectivity index (χ0) is 15.6. The first kappa shape index (κ1) is 16.1. The molecule has 0 saturated carbocycles. The molecule has 0 aliphatic heterocycles.